The molecule has 0 spiro atoms. The summed E-state index contributed by atoms with van der Waals surface area (Å²) in [6, 6.07) is -0.283. The molecule has 24 heavy (non-hydrogen) atoms. The molecule has 4 nitrogen and oxygen atoms in total. The molecule has 0 rings (SSSR count). The second-order valence-corrected chi connectivity index (χ2v) is 5.55. The van der Waals surface area contributed by atoms with Gasteiger partial charge in [-0.25, -0.2) is 4.79 Å². The lowest BCUT2D eigenvalue weighted by Gasteiger charge is -2.12. The number of hydrogen-bond donors (Lipinski definition) is 2. The SMILES string of the molecule is C=C[C@H](O)C#CC#C[C@@H](CCCCCCCCC)NC(=O)OCC. The molecule has 4 heteroatoms. The number of unbranched alkanes of at least 4 members (excludes halogenated alkanes) is 6. The molecule has 0 heterocycles. The summed E-state index contributed by atoms with van der Waals surface area (Å²) in [5, 5.41) is 12.0. The maximum atomic E-state index is 11.6. The standard InChI is InChI=1S/C20H31NO3/c1-4-7-8-9-10-11-12-15-18(21-20(23)24-6-3)16-13-14-17-19(22)5-2/h5,18-19,22H,2,4,6-12,15H2,1,3H3,(H,21,23)/t18-,19+/m1/s1. The number of ether oxygens (including phenoxy) is 1. The van der Waals surface area contributed by atoms with Crippen LogP contribution in [-0.2, 0) is 4.74 Å². The third-order valence-electron chi connectivity index (χ3n) is 3.42. The van der Waals surface area contributed by atoms with Gasteiger partial charge in [0.2, 0.25) is 0 Å². The average Bonchev–Trinajstić information content (AvgIpc) is 2.57. The molecule has 0 aliphatic heterocycles. The van der Waals surface area contributed by atoms with Crippen LogP contribution in [-0.4, -0.2) is 30.0 Å². The smallest absolute Gasteiger partial charge is 0.408 e. The molecule has 0 saturated carbocycles. The van der Waals surface area contributed by atoms with Gasteiger partial charge in [0.25, 0.3) is 0 Å². The number of aliphatic hydroxyl groups excluding tert-OH is 1. The molecular formula is C20H31NO3. The maximum absolute atomic E-state index is 11.6. The molecule has 2 atom stereocenters. The Morgan fingerprint density at radius 2 is 1.75 bits per heavy atom. The van der Waals surface area contributed by atoms with E-state index in [1.807, 2.05) is 0 Å². The number of aliphatic hydroxyl groups is 1. The molecule has 0 radical (unpaired) electrons. The molecule has 0 aromatic carbocycles. The van der Waals surface area contributed by atoms with E-state index in [0.29, 0.717) is 6.61 Å². The Morgan fingerprint density at radius 3 is 2.38 bits per heavy atom. The van der Waals surface area contributed by atoms with Crippen molar-refractivity contribution in [1.82, 2.24) is 5.32 Å². The van der Waals surface area contributed by atoms with Gasteiger partial charge in [0.1, 0.15) is 6.10 Å². The van der Waals surface area contributed by atoms with Gasteiger partial charge in [-0.2, -0.15) is 0 Å². The maximum Gasteiger partial charge on any atom is 0.408 e. The molecule has 0 fully saturated rings. The molecule has 0 bridgehead atoms. The molecule has 2 N–H and O–H groups in total. The zero-order chi connectivity index (χ0) is 18.0. The minimum absolute atomic E-state index is 0.283. The van der Waals surface area contributed by atoms with Crippen LogP contribution in [0.25, 0.3) is 0 Å². The van der Waals surface area contributed by atoms with Crippen molar-refractivity contribution in [3.05, 3.63) is 12.7 Å². The predicted molar refractivity (Wildman–Crippen MR) is 98.3 cm³/mol. The number of amides is 1. The number of nitrogens with one attached hydrogen (secondary N) is 1. The fourth-order valence-corrected chi connectivity index (χ4v) is 2.09. The number of hydrogen-bond acceptors (Lipinski definition) is 3. The molecule has 0 aromatic rings. The summed E-state index contributed by atoms with van der Waals surface area (Å²) in [4.78, 5) is 11.6. The molecule has 0 aliphatic rings. The number of rotatable bonds is 11. The quantitative estimate of drug-likeness (QED) is 0.343. The van der Waals surface area contributed by atoms with Crippen LogP contribution in [0.3, 0.4) is 0 Å². The molecule has 0 aliphatic carbocycles. The summed E-state index contributed by atoms with van der Waals surface area (Å²) in [5.74, 6) is 10.7. The summed E-state index contributed by atoms with van der Waals surface area (Å²) in [6.07, 6.45) is 9.22. The molecule has 134 valence electrons. The van der Waals surface area contributed by atoms with Crippen LogP contribution < -0.4 is 5.32 Å². The van der Waals surface area contributed by atoms with Crippen LogP contribution in [0.2, 0.25) is 0 Å². The van der Waals surface area contributed by atoms with E-state index in [1.165, 1.54) is 38.2 Å². The minimum atomic E-state index is -0.876. The Labute approximate surface area is 147 Å². The number of carbonyl (C=O) groups is 1. The summed E-state index contributed by atoms with van der Waals surface area (Å²) >= 11 is 0. The van der Waals surface area contributed by atoms with E-state index < -0.39 is 12.2 Å². The van der Waals surface area contributed by atoms with Gasteiger partial charge in [-0.05, 0) is 25.2 Å². The summed E-state index contributed by atoms with van der Waals surface area (Å²) in [7, 11) is 0. The third kappa shape index (κ3) is 13.7. The van der Waals surface area contributed by atoms with Crippen molar-refractivity contribution in [2.45, 2.75) is 77.4 Å². The molecule has 0 saturated heterocycles. The lowest BCUT2D eigenvalue weighted by molar-refractivity contribution is 0.149. The van der Waals surface area contributed by atoms with Gasteiger partial charge in [-0.15, -0.1) is 0 Å². The second-order valence-electron chi connectivity index (χ2n) is 5.55. The highest BCUT2D eigenvalue weighted by atomic mass is 16.5. The monoisotopic (exact) mass is 333 g/mol. The third-order valence-corrected chi connectivity index (χ3v) is 3.42. The van der Waals surface area contributed by atoms with E-state index in [0.717, 1.165) is 19.3 Å². The normalized spacial score (nSPS) is 12.0. The summed E-state index contributed by atoms with van der Waals surface area (Å²) in [5.41, 5.74) is 0. The average molecular weight is 333 g/mol. The Kier molecular flexibility index (Phi) is 14.7. The zero-order valence-corrected chi connectivity index (χ0v) is 15.1. The van der Waals surface area contributed by atoms with Gasteiger partial charge in [0.15, 0.2) is 0 Å². The van der Waals surface area contributed by atoms with Crippen molar-refractivity contribution < 1.29 is 14.6 Å². The molecular weight excluding hydrogens is 302 g/mol. The van der Waals surface area contributed by atoms with Crippen molar-refractivity contribution in [2.75, 3.05) is 6.61 Å². The van der Waals surface area contributed by atoms with Crippen molar-refractivity contribution in [1.29, 1.82) is 0 Å². The topological polar surface area (TPSA) is 58.6 Å². The van der Waals surface area contributed by atoms with Gasteiger partial charge in [-0.1, -0.05) is 76.4 Å². The van der Waals surface area contributed by atoms with Crippen molar-refractivity contribution in [3.8, 4) is 23.7 Å². The van der Waals surface area contributed by atoms with Crippen molar-refractivity contribution in [3.63, 3.8) is 0 Å². The fraction of sp³-hybridized carbons (Fsp3) is 0.650. The van der Waals surface area contributed by atoms with E-state index in [-0.39, 0.29) is 6.04 Å². The van der Waals surface area contributed by atoms with E-state index in [1.54, 1.807) is 6.92 Å². The van der Waals surface area contributed by atoms with Gasteiger partial charge >= 0.3 is 6.09 Å². The van der Waals surface area contributed by atoms with Crippen molar-refractivity contribution in [2.24, 2.45) is 0 Å². The van der Waals surface area contributed by atoms with E-state index in [2.05, 4.69) is 42.5 Å². The Hall–Kier alpha value is -1.91. The summed E-state index contributed by atoms with van der Waals surface area (Å²) in [6.45, 7) is 7.74. The Balaban J connectivity index is 4.32. The van der Waals surface area contributed by atoms with Gasteiger partial charge in [0, 0.05) is 0 Å². The fourth-order valence-electron chi connectivity index (χ4n) is 2.09. The van der Waals surface area contributed by atoms with Gasteiger partial charge < -0.3 is 15.2 Å². The van der Waals surface area contributed by atoms with Crippen LogP contribution in [0, 0.1) is 23.7 Å². The lowest BCUT2D eigenvalue weighted by atomic mass is 10.1. The van der Waals surface area contributed by atoms with Crippen LogP contribution in [0.1, 0.15) is 65.2 Å². The van der Waals surface area contributed by atoms with Gasteiger partial charge in [-0.3, -0.25) is 0 Å². The lowest BCUT2D eigenvalue weighted by Crippen LogP contribution is -2.34. The van der Waals surface area contributed by atoms with Gasteiger partial charge in [0.05, 0.1) is 12.6 Å². The highest BCUT2D eigenvalue weighted by Crippen LogP contribution is 2.09. The predicted octanol–water partition coefficient (Wildman–Crippen LogP) is 3.80. The first kappa shape index (κ1) is 22.1. The van der Waals surface area contributed by atoms with E-state index in [4.69, 9.17) is 4.74 Å². The Morgan fingerprint density at radius 1 is 1.12 bits per heavy atom. The molecule has 0 aromatic heterocycles. The highest BCUT2D eigenvalue weighted by molar-refractivity contribution is 5.68. The summed E-state index contributed by atoms with van der Waals surface area (Å²) < 4.78 is 4.90. The van der Waals surface area contributed by atoms with Crippen LogP contribution in [0.5, 0.6) is 0 Å². The number of carbonyl (C=O) groups excluding carboxylic acids is 1. The first-order valence-corrected chi connectivity index (χ1v) is 8.89. The van der Waals surface area contributed by atoms with Crippen LogP contribution in [0.15, 0.2) is 12.7 Å². The Bertz CT molecular complexity index is 465. The number of alkyl carbamates (subject to hydrolysis) is 1. The molecule has 1 amide bonds. The van der Waals surface area contributed by atoms with E-state index in [9.17, 15) is 9.90 Å². The minimum Gasteiger partial charge on any atom is -0.450 e. The van der Waals surface area contributed by atoms with Crippen LogP contribution >= 0.6 is 0 Å². The highest BCUT2D eigenvalue weighted by Gasteiger charge is 2.09. The largest absolute Gasteiger partial charge is 0.450 e. The van der Waals surface area contributed by atoms with Crippen LogP contribution in [0.4, 0.5) is 4.79 Å². The second kappa shape index (κ2) is 16.0. The first-order valence-electron chi connectivity index (χ1n) is 8.89. The van der Waals surface area contributed by atoms with E-state index >= 15 is 0 Å². The zero-order valence-electron chi connectivity index (χ0n) is 15.1. The molecule has 0 unspecified atom stereocenters. The first-order chi connectivity index (χ1) is 11.6. The van der Waals surface area contributed by atoms with Crippen molar-refractivity contribution >= 4 is 6.09 Å².